The van der Waals surface area contributed by atoms with Gasteiger partial charge in [0.05, 0.1) is 29.8 Å². The quantitative estimate of drug-likeness (QED) is 0.557. The molecule has 0 fully saturated rings. The van der Waals surface area contributed by atoms with Gasteiger partial charge in [-0.3, -0.25) is 4.79 Å². The van der Waals surface area contributed by atoms with Gasteiger partial charge < -0.3 is 9.64 Å². The zero-order valence-corrected chi connectivity index (χ0v) is 18.4. The molecule has 0 bridgehead atoms. The molecule has 0 aromatic carbocycles. The molecule has 3 aromatic heterocycles. The van der Waals surface area contributed by atoms with Crippen LogP contribution in [0.5, 0.6) is 0 Å². The van der Waals surface area contributed by atoms with Crippen LogP contribution in [0.2, 0.25) is 0 Å². The lowest BCUT2D eigenvalue weighted by Crippen LogP contribution is -2.28. The Labute approximate surface area is 175 Å². The van der Waals surface area contributed by atoms with Crippen molar-refractivity contribution in [2.45, 2.75) is 40.2 Å². The summed E-state index contributed by atoms with van der Waals surface area (Å²) in [5.41, 5.74) is 3.09. The summed E-state index contributed by atoms with van der Waals surface area (Å²) >= 11 is 1.74. The molecule has 0 radical (unpaired) electrons. The van der Waals surface area contributed by atoms with E-state index in [1.54, 1.807) is 40.4 Å². The van der Waals surface area contributed by atoms with Crippen LogP contribution in [0.3, 0.4) is 0 Å². The number of aromatic nitrogens is 4. The van der Waals surface area contributed by atoms with Crippen molar-refractivity contribution in [2.75, 3.05) is 20.7 Å². The standard InChI is InChI=1S/C21H27N5O2S/c1-6-7-10-25(4)20(27)17-12-23-26(19(17)13-28-5)21-22-9-8-18(24-21)16-11-14(2)29-15(16)3/h8-9,11-12H,6-7,10,13H2,1-5H3. The van der Waals surface area contributed by atoms with Crippen LogP contribution in [0.4, 0.5) is 0 Å². The first-order chi connectivity index (χ1) is 14.0. The normalized spacial score (nSPS) is 11.1. The highest BCUT2D eigenvalue weighted by atomic mass is 32.1. The number of thiophene rings is 1. The van der Waals surface area contributed by atoms with Gasteiger partial charge in [-0.05, 0) is 32.4 Å². The Morgan fingerprint density at radius 3 is 2.79 bits per heavy atom. The van der Waals surface area contributed by atoms with Gasteiger partial charge in [0.2, 0.25) is 0 Å². The van der Waals surface area contributed by atoms with Crippen LogP contribution in [0, 0.1) is 13.8 Å². The maximum atomic E-state index is 12.9. The molecular weight excluding hydrogens is 386 g/mol. The highest BCUT2D eigenvalue weighted by Gasteiger charge is 2.22. The number of methoxy groups -OCH3 is 1. The first-order valence-corrected chi connectivity index (χ1v) is 10.5. The Balaban J connectivity index is 1.99. The Kier molecular flexibility index (Phi) is 6.76. The van der Waals surface area contributed by atoms with E-state index in [-0.39, 0.29) is 12.5 Å². The van der Waals surface area contributed by atoms with Gasteiger partial charge in [0.25, 0.3) is 11.9 Å². The fourth-order valence-electron chi connectivity index (χ4n) is 3.19. The summed E-state index contributed by atoms with van der Waals surface area (Å²) in [6, 6.07) is 4.02. The summed E-state index contributed by atoms with van der Waals surface area (Å²) in [6.45, 7) is 7.22. The van der Waals surface area contributed by atoms with Gasteiger partial charge in [0.15, 0.2) is 0 Å². The topological polar surface area (TPSA) is 73.1 Å². The lowest BCUT2D eigenvalue weighted by atomic mass is 10.2. The van der Waals surface area contributed by atoms with Crippen molar-refractivity contribution < 1.29 is 9.53 Å². The Hall–Kier alpha value is -2.58. The number of carbonyl (C=O) groups excluding carboxylic acids is 1. The van der Waals surface area contributed by atoms with E-state index >= 15 is 0 Å². The fraction of sp³-hybridized carbons (Fsp3) is 0.429. The van der Waals surface area contributed by atoms with Crippen molar-refractivity contribution >= 4 is 17.2 Å². The molecule has 3 aromatic rings. The third kappa shape index (κ3) is 4.54. The van der Waals surface area contributed by atoms with Crippen molar-refractivity contribution in [3.63, 3.8) is 0 Å². The first-order valence-electron chi connectivity index (χ1n) is 9.68. The molecule has 0 unspecified atom stereocenters. The maximum absolute atomic E-state index is 12.9. The number of hydrogen-bond donors (Lipinski definition) is 0. The molecular formula is C21H27N5O2S. The van der Waals surface area contributed by atoms with Gasteiger partial charge in [-0.15, -0.1) is 11.3 Å². The maximum Gasteiger partial charge on any atom is 0.257 e. The van der Waals surface area contributed by atoms with E-state index in [4.69, 9.17) is 9.72 Å². The molecule has 0 saturated heterocycles. The second-order valence-electron chi connectivity index (χ2n) is 7.00. The van der Waals surface area contributed by atoms with Gasteiger partial charge in [0, 0.05) is 42.2 Å². The highest BCUT2D eigenvalue weighted by molar-refractivity contribution is 7.12. The van der Waals surface area contributed by atoms with E-state index in [0.29, 0.717) is 23.8 Å². The highest BCUT2D eigenvalue weighted by Crippen LogP contribution is 2.29. The van der Waals surface area contributed by atoms with Crippen LogP contribution >= 0.6 is 11.3 Å². The lowest BCUT2D eigenvalue weighted by molar-refractivity contribution is 0.0788. The summed E-state index contributed by atoms with van der Waals surface area (Å²) in [5, 5.41) is 4.42. The monoisotopic (exact) mass is 413 g/mol. The van der Waals surface area contributed by atoms with Crippen LogP contribution in [-0.2, 0) is 11.3 Å². The first kappa shape index (κ1) is 21.1. The number of amides is 1. The Bertz CT molecular complexity index is 995. The predicted octanol–water partition coefficient (Wildman–Crippen LogP) is 4.03. The molecule has 29 heavy (non-hydrogen) atoms. The number of unbranched alkanes of at least 4 members (excludes halogenated alkanes) is 1. The average Bonchev–Trinajstić information content (AvgIpc) is 3.28. The van der Waals surface area contributed by atoms with Crippen molar-refractivity contribution in [3.8, 4) is 17.2 Å². The molecule has 0 aliphatic heterocycles. The molecule has 0 atom stereocenters. The minimum absolute atomic E-state index is 0.0720. The summed E-state index contributed by atoms with van der Waals surface area (Å²) in [5.74, 6) is 0.352. The lowest BCUT2D eigenvalue weighted by Gasteiger charge is -2.17. The molecule has 0 spiro atoms. The average molecular weight is 414 g/mol. The van der Waals surface area contributed by atoms with Gasteiger partial charge in [0.1, 0.15) is 0 Å². The number of hydrogen-bond acceptors (Lipinski definition) is 6. The SMILES string of the molecule is CCCCN(C)C(=O)c1cnn(-c2nccc(-c3cc(C)sc3C)n2)c1COC. The fourth-order valence-corrected chi connectivity index (χ4v) is 4.12. The second kappa shape index (κ2) is 9.28. The van der Waals surface area contributed by atoms with Gasteiger partial charge in [-0.1, -0.05) is 13.3 Å². The van der Waals surface area contributed by atoms with Gasteiger partial charge >= 0.3 is 0 Å². The molecule has 0 aliphatic rings. The largest absolute Gasteiger partial charge is 0.378 e. The second-order valence-corrected chi connectivity index (χ2v) is 8.46. The smallest absolute Gasteiger partial charge is 0.257 e. The van der Waals surface area contributed by atoms with Crippen molar-refractivity contribution in [2.24, 2.45) is 0 Å². The Morgan fingerprint density at radius 2 is 2.14 bits per heavy atom. The Morgan fingerprint density at radius 1 is 1.34 bits per heavy atom. The van der Waals surface area contributed by atoms with Crippen molar-refractivity contribution in [1.29, 1.82) is 0 Å². The number of carbonyl (C=O) groups is 1. The van der Waals surface area contributed by atoms with Crippen molar-refractivity contribution in [1.82, 2.24) is 24.6 Å². The number of nitrogens with zero attached hydrogens (tertiary/aromatic N) is 5. The van der Waals surface area contributed by atoms with Gasteiger partial charge in [-0.2, -0.15) is 9.78 Å². The third-order valence-corrected chi connectivity index (χ3v) is 5.69. The molecule has 0 aliphatic carbocycles. The van der Waals surface area contributed by atoms with E-state index in [2.05, 4.69) is 36.9 Å². The van der Waals surface area contributed by atoms with Crippen LogP contribution in [0.25, 0.3) is 17.2 Å². The third-order valence-electron chi connectivity index (χ3n) is 4.72. The van der Waals surface area contributed by atoms with E-state index < -0.39 is 0 Å². The number of rotatable bonds is 8. The molecule has 0 N–H and O–H groups in total. The van der Waals surface area contributed by atoms with Crippen LogP contribution < -0.4 is 0 Å². The molecule has 0 saturated carbocycles. The molecule has 7 nitrogen and oxygen atoms in total. The summed E-state index contributed by atoms with van der Waals surface area (Å²) in [4.78, 5) is 26.2. The molecule has 3 rings (SSSR count). The zero-order valence-electron chi connectivity index (χ0n) is 17.6. The van der Waals surface area contributed by atoms with Crippen LogP contribution in [-0.4, -0.2) is 51.3 Å². The van der Waals surface area contributed by atoms with Gasteiger partial charge in [-0.25, -0.2) is 9.97 Å². The summed E-state index contributed by atoms with van der Waals surface area (Å²) in [7, 11) is 3.41. The van der Waals surface area contributed by atoms with E-state index in [0.717, 1.165) is 24.1 Å². The molecule has 1 amide bonds. The minimum atomic E-state index is -0.0720. The summed E-state index contributed by atoms with van der Waals surface area (Å²) < 4.78 is 6.95. The number of ether oxygens (including phenoxy) is 1. The summed E-state index contributed by atoms with van der Waals surface area (Å²) in [6.07, 6.45) is 5.29. The zero-order chi connectivity index (χ0) is 21.0. The molecule has 154 valence electrons. The van der Waals surface area contributed by atoms with Crippen molar-refractivity contribution in [3.05, 3.63) is 45.5 Å². The molecule has 8 heteroatoms. The predicted molar refractivity (Wildman–Crippen MR) is 115 cm³/mol. The van der Waals surface area contributed by atoms with E-state index in [1.165, 1.54) is 9.75 Å². The van der Waals surface area contributed by atoms with E-state index in [1.807, 2.05) is 13.1 Å². The molecule has 3 heterocycles. The number of aryl methyl sites for hydroxylation is 2. The van der Waals surface area contributed by atoms with E-state index in [9.17, 15) is 4.79 Å². The van der Waals surface area contributed by atoms with Crippen LogP contribution in [0.15, 0.2) is 24.5 Å². The van der Waals surface area contributed by atoms with Crippen LogP contribution in [0.1, 0.15) is 45.6 Å². The minimum Gasteiger partial charge on any atom is -0.378 e.